The van der Waals surface area contributed by atoms with E-state index in [1.807, 2.05) is 116 Å². The van der Waals surface area contributed by atoms with Crippen LogP contribution in [-0.2, 0) is 0 Å². The van der Waals surface area contributed by atoms with Gasteiger partial charge in [0.15, 0.2) is 11.5 Å². The number of rotatable bonds is 15. The van der Waals surface area contributed by atoms with Gasteiger partial charge in [-0.05, 0) is 92.4 Å². The minimum atomic E-state index is -3.28. The molecule has 1 saturated heterocycles. The molecule has 0 unspecified atom stereocenters. The van der Waals surface area contributed by atoms with Crippen LogP contribution < -0.4 is 21.1 Å². The predicted molar refractivity (Wildman–Crippen MR) is 360 cm³/mol. The Balaban J connectivity index is 0.000000203. The zero-order valence-electron chi connectivity index (χ0n) is 51.1. The molecule has 1 aliphatic rings. The molecule has 0 atom stereocenters. The first-order valence-electron chi connectivity index (χ1n) is 29.1. The monoisotopic (exact) mass is 1310 g/mol. The van der Waals surface area contributed by atoms with E-state index in [0.717, 1.165) is 46.8 Å². The van der Waals surface area contributed by atoms with Gasteiger partial charge in [-0.15, -0.1) is 36.8 Å². The number of ether oxygens (including phenoxy) is 1. The van der Waals surface area contributed by atoms with E-state index in [2.05, 4.69) is 83.5 Å². The average Bonchev–Trinajstić information content (AvgIpc) is 1.55. The molecule has 1 fully saturated rings. The number of nitrogens with two attached hydrogens (primary N) is 1. The minimum absolute atomic E-state index is 0. The highest BCUT2D eigenvalue weighted by molar-refractivity contribution is 7.13. The van der Waals surface area contributed by atoms with E-state index in [1.54, 1.807) is 60.6 Å². The molecule has 12 aromatic rings. The second-order valence-electron chi connectivity index (χ2n) is 21.2. The van der Waals surface area contributed by atoms with Gasteiger partial charge in [0.2, 0.25) is 5.89 Å². The maximum absolute atomic E-state index is 13.1. The molecule has 0 spiro atoms. The molecule has 7 aromatic heterocycles. The van der Waals surface area contributed by atoms with Crippen molar-refractivity contribution in [1.29, 1.82) is 5.26 Å². The van der Waals surface area contributed by atoms with Gasteiger partial charge in [-0.2, -0.15) is 14.0 Å². The van der Waals surface area contributed by atoms with Crippen LogP contribution in [0.3, 0.4) is 0 Å². The van der Waals surface area contributed by atoms with Crippen molar-refractivity contribution in [2.75, 3.05) is 51.3 Å². The molecule has 23 nitrogen and oxygen atoms in total. The molecular formula is C67H65ClF2N18O5S. The molecule has 8 heterocycles. The van der Waals surface area contributed by atoms with Crippen LogP contribution in [0.5, 0.6) is 5.75 Å². The summed E-state index contributed by atoms with van der Waals surface area (Å²) in [4.78, 5) is 44.4. The lowest BCUT2D eigenvalue weighted by Gasteiger charge is -2.20. The number of thiophene rings is 1. The topological polar surface area (TPSA) is 301 Å². The maximum atomic E-state index is 13.1. The lowest BCUT2D eigenvalue weighted by Crippen LogP contribution is -2.34. The summed E-state index contributed by atoms with van der Waals surface area (Å²) in [5.74, 6) is 1.43. The van der Waals surface area contributed by atoms with Gasteiger partial charge in [0.05, 0.1) is 74.3 Å². The summed E-state index contributed by atoms with van der Waals surface area (Å²) in [6.45, 7) is 11.3. The Labute approximate surface area is 552 Å². The van der Waals surface area contributed by atoms with Crippen LogP contribution in [0.15, 0.2) is 177 Å². The Morgan fingerprint density at radius 2 is 1.34 bits per heavy atom. The molecule has 0 radical (unpaired) electrons. The van der Waals surface area contributed by atoms with Crippen LogP contribution in [0.4, 0.5) is 26.3 Å². The van der Waals surface area contributed by atoms with E-state index in [9.17, 15) is 18.8 Å². The number of amides is 1. The van der Waals surface area contributed by atoms with Gasteiger partial charge >= 0.3 is 12.1 Å². The molecule has 1 amide bonds. The number of carbonyl (C=O) groups is 1. The first kappa shape index (κ1) is 64.0. The molecular weight excluding hydrogens is 1240 g/mol. The highest BCUT2D eigenvalue weighted by Crippen LogP contribution is 2.34. The standard InChI is InChI=1S/C23H21ClN6O.C23H20N8O2S.C21H16F2N4O2.4H2/c1-14-21(22-28-29-23(31-22)27-19-8-6-5-7-18(19)24)26-20(13-25-14)17-11-9-16(10-12-17)15(2)30(3)4;24-12-15-11-14(23(32)31-8-2-6-26-7-9-31)4-5-16(15)17-13-27-20(25)19(28-17)22-30-29-21(33-22)18-3-1-10-34-18;1-13-18(20-27-26-19(28-20)14-7-4-3-5-8-14)25-17(12-24-13)15-9-6-10-16(11-15)29-21(2,22)23;;;;/h5-13H,2H2,1,3-4H3,(H,27,29);1,3-5,10-11,13,26H,2,6-9H2,(H2,25,27);3-12H,1-2H3;4*1H. The van der Waals surface area contributed by atoms with Gasteiger partial charge in [-0.25, -0.2) is 19.9 Å². The third kappa shape index (κ3) is 15.4. The third-order valence-electron chi connectivity index (χ3n) is 14.2. The van der Waals surface area contributed by atoms with E-state index in [4.69, 9.17) is 35.6 Å². The first-order chi connectivity index (χ1) is 45.4. The molecule has 4 N–H and O–H groups in total. The van der Waals surface area contributed by atoms with E-state index in [0.29, 0.717) is 105 Å². The SMILES string of the molecule is C=C(c1ccc(-c2cnc(C)c(-c3nnc(Nc4ccccc4Cl)o3)n2)cc1)N(C)C.Cc1ncc(-c2cccc(OC(C)(F)F)c2)nc1-c1nnc(-c2ccccc2)o1.N#Cc1cc(C(=O)N2CCCNCC2)ccc1-c1cnc(N)c(-c2nnc(-c3cccs3)o2)n1.[HH].[HH].[HH].[HH]. The van der Waals surface area contributed by atoms with E-state index in [-0.39, 0.29) is 52.6 Å². The number of aromatic nitrogens is 12. The number of anilines is 3. The predicted octanol–water partition coefficient (Wildman–Crippen LogP) is 14.4. The number of hydrogen-bond acceptors (Lipinski definition) is 23. The quantitative estimate of drug-likeness (QED) is 0.0859. The van der Waals surface area contributed by atoms with E-state index in [1.165, 1.54) is 29.7 Å². The number of alkyl halides is 2. The summed E-state index contributed by atoms with van der Waals surface area (Å²) in [6.07, 6.45) is 2.38. The van der Waals surface area contributed by atoms with Gasteiger partial charge in [0, 0.05) is 79.9 Å². The summed E-state index contributed by atoms with van der Waals surface area (Å²) >= 11 is 7.65. The third-order valence-corrected chi connectivity index (χ3v) is 15.4. The van der Waals surface area contributed by atoms with Crippen LogP contribution in [0.2, 0.25) is 5.02 Å². The second-order valence-corrected chi connectivity index (χ2v) is 22.5. The van der Waals surface area contributed by atoms with Gasteiger partial charge in [-0.1, -0.05) is 102 Å². The fourth-order valence-electron chi connectivity index (χ4n) is 9.39. The van der Waals surface area contributed by atoms with Crippen molar-refractivity contribution >= 4 is 52.1 Å². The molecule has 0 aliphatic carbocycles. The smallest absolute Gasteiger partial charge is 0.394 e. The number of halogens is 3. The second kappa shape index (κ2) is 28.7. The number of carbonyl (C=O) groups excluding carboxylic acids is 1. The summed E-state index contributed by atoms with van der Waals surface area (Å²) in [7, 11) is 3.93. The Morgan fingerprint density at radius 1 is 0.713 bits per heavy atom. The summed E-state index contributed by atoms with van der Waals surface area (Å²) in [5, 5.41) is 43.0. The Hall–Kier alpha value is -11.5. The van der Waals surface area contributed by atoms with Crippen LogP contribution in [0.25, 0.3) is 96.4 Å². The maximum Gasteiger partial charge on any atom is 0.394 e. The highest BCUT2D eigenvalue weighted by atomic mass is 35.5. The molecule has 480 valence electrons. The number of nitrogen functional groups attached to an aromatic ring is 1. The van der Waals surface area contributed by atoms with Gasteiger partial charge in [0.1, 0.15) is 17.1 Å². The van der Waals surface area contributed by atoms with Crippen molar-refractivity contribution in [3.05, 3.63) is 197 Å². The number of nitrogens with zero attached hydrogens (tertiary/aromatic N) is 15. The zero-order chi connectivity index (χ0) is 65.9. The van der Waals surface area contributed by atoms with Crippen molar-refractivity contribution in [3.63, 3.8) is 0 Å². The van der Waals surface area contributed by atoms with Gasteiger partial charge in [0.25, 0.3) is 29.5 Å². The largest absolute Gasteiger partial charge is 0.433 e. The zero-order valence-corrected chi connectivity index (χ0v) is 52.7. The van der Waals surface area contributed by atoms with Crippen molar-refractivity contribution in [2.45, 2.75) is 33.3 Å². The summed E-state index contributed by atoms with van der Waals surface area (Å²) in [6, 6.07) is 42.1. The Kier molecular flexibility index (Phi) is 19.6. The molecule has 94 heavy (non-hydrogen) atoms. The Bertz CT molecular complexity index is 4710. The van der Waals surface area contributed by atoms with Crippen LogP contribution >= 0.6 is 22.9 Å². The molecule has 1 aliphatic heterocycles. The minimum Gasteiger partial charge on any atom is -0.433 e. The molecule has 0 saturated carbocycles. The molecule has 0 bridgehead atoms. The van der Waals surface area contributed by atoms with Crippen molar-refractivity contribution in [2.24, 2.45) is 0 Å². The lowest BCUT2D eigenvalue weighted by molar-refractivity contribution is -0.158. The van der Waals surface area contributed by atoms with Crippen LogP contribution in [0, 0.1) is 25.2 Å². The fraction of sp³-hybridized carbons (Fsp3) is 0.164. The number of benzene rings is 5. The number of para-hydroxylation sites is 1. The van der Waals surface area contributed by atoms with Gasteiger partial charge < -0.3 is 44.2 Å². The van der Waals surface area contributed by atoms with E-state index >= 15 is 0 Å². The summed E-state index contributed by atoms with van der Waals surface area (Å²) < 4.78 is 48.2. The normalized spacial score (nSPS) is 12.1. The summed E-state index contributed by atoms with van der Waals surface area (Å²) in [5.41, 5.74) is 16.3. The fourth-order valence-corrected chi connectivity index (χ4v) is 10.2. The van der Waals surface area contributed by atoms with Crippen molar-refractivity contribution in [3.8, 4) is 103 Å². The van der Waals surface area contributed by atoms with Crippen LogP contribution in [-0.4, -0.2) is 123 Å². The molecule has 27 heteroatoms. The number of aryl methyl sites for hydroxylation is 2. The average molecular weight is 1310 g/mol. The molecule has 5 aromatic carbocycles. The van der Waals surface area contributed by atoms with Crippen molar-refractivity contribution in [1.82, 2.24) is 75.6 Å². The van der Waals surface area contributed by atoms with Crippen LogP contribution in [0.1, 0.15) is 51.9 Å². The lowest BCUT2D eigenvalue weighted by atomic mass is 10.0. The highest BCUT2D eigenvalue weighted by Gasteiger charge is 2.25. The Morgan fingerprint density at radius 3 is 2.04 bits per heavy atom. The molecule has 13 rings (SSSR count). The number of hydrogen-bond donors (Lipinski definition) is 3. The first-order valence-corrected chi connectivity index (χ1v) is 30.3. The number of nitriles is 1. The van der Waals surface area contributed by atoms with Gasteiger partial charge in [-0.3, -0.25) is 14.8 Å². The number of nitrogens with one attached hydrogen (secondary N) is 2. The van der Waals surface area contributed by atoms with Crippen molar-refractivity contribution < 1.29 is 37.3 Å². The van der Waals surface area contributed by atoms with E-state index < -0.39 is 6.11 Å².